The van der Waals surface area contributed by atoms with Gasteiger partial charge in [0, 0.05) is 0 Å². The lowest BCUT2D eigenvalue weighted by atomic mass is 10.5. The van der Waals surface area contributed by atoms with E-state index in [0.29, 0.717) is 0 Å². The standard InChI is InChI=1S/C4H9O2S/c1-4(3-5)7(2)6/h4H,3H2,1-2H3. The largest absolute Gasteiger partial charge is 0.616 e. The van der Waals surface area contributed by atoms with Crippen molar-refractivity contribution in [2.75, 3.05) is 12.9 Å². The van der Waals surface area contributed by atoms with Gasteiger partial charge in [0.2, 0.25) is 0 Å². The Morgan fingerprint density at radius 1 is 1.86 bits per heavy atom. The van der Waals surface area contributed by atoms with Crippen molar-refractivity contribution in [2.45, 2.75) is 12.2 Å². The van der Waals surface area contributed by atoms with Gasteiger partial charge in [0.25, 0.3) is 0 Å². The molecule has 0 aromatic rings. The van der Waals surface area contributed by atoms with Crippen molar-refractivity contribution in [1.29, 1.82) is 0 Å². The smallest absolute Gasteiger partial charge is 0.138 e. The summed E-state index contributed by atoms with van der Waals surface area (Å²) in [6, 6.07) is 0. The molecule has 0 fully saturated rings. The van der Waals surface area contributed by atoms with Crippen molar-refractivity contribution in [3.05, 3.63) is 0 Å². The zero-order valence-corrected chi connectivity index (χ0v) is 5.33. The average Bonchev–Trinajstić information content (AvgIpc) is 1.65. The van der Waals surface area contributed by atoms with Crippen LogP contribution < -0.4 is 0 Å². The first-order chi connectivity index (χ1) is 3.18. The van der Waals surface area contributed by atoms with E-state index in [1.54, 1.807) is 13.2 Å². The Labute approximate surface area is 46.7 Å². The molecule has 0 N–H and O–H groups in total. The molecule has 43 valence electrons. The molecule has 0 saturated heterocycles. The van der Waals surface area contributed by atoms with Crippen LogP contribution in [-0.2, 0) is 16.3 Å². The molecule has 0 bridgehead atoms. The quantitative estimate of drug-likeness (QED) is 0.481. The number of hydrogen-bond donors (Lipinski definition) is 0. The van der Waals surface area contributed by atoms with Gasteiger partial charge in [0.1, 0.15) is 11.9 Å². The number of rotatable bonds is 2. The molecule has 0 heterocycles. The van der Waals surface area contributed by atoms with Crippen LogP contribution >= 0.6 is 0 Å². The van der Waals surface area contributed by atoms with E-state index in [1.807, 2.05) is 0 Å². The summed E-state index contributed by atoms with van der Waals surface area (Å²) in [5.41, 5.74) is 0. The molecule has 0 aromatic carbocycles. The lowest BCUT2D eigenvalue weighted by molar-refractivity contribution is 0.195. The van der Waals surface area contributed by atoms with Gasteiger partial charge in [-0.15, -0.1) is 0 Å². The summed E-state index contributed by atoms with van der Waals surface area (Å²) in [6.45, 7) is 1.45. The van der Waals surface area contributed by atoms with E-state index >= 15 is 0 Å². The van der Waals surface area contributed by atoms with Gasteiger partial charge < -0.3 is 4.55 Å². The summed E-state index contributed by atoms with van der Waals surface area (Å²) in [7, 11) is 0. The molecule has 0 aromatic heterocycles. The molecular weight excluding hydrogens is 112 g/mol. The van der Waals surface area contributed by atoms with E-state index in [1.165, 1.54) is 0 Å². The van der Waals surface area contributed by atoms with Crippen molar-refractivity contribution >= 4 is 11.2 Å². The first-order valence-electron chi connectivity index (χ1n) is 2.08. The van der Waals surface area contributed by atoms with Crippen molar-refractivity contribution in [1.82, 2.24) is 0 Å². The molecule has 2 nitrogen and oxygen atoms in total. The SMILES string of the molecule is CC(C[O])[S+](C)[O-]. The summed E-state index contributed by atoms with van der Waals surface area (Å²) in [5, 5.41) is 9.70. The van der Waals surface area contributed by atoms with Gasteiger partial charge in [-0.3, -0.25) is 0 Å². The molecule has 0 rings (SSSR count). The molecule has 0 aliphatic carbocycles. The third-order valence-corrected chi connectivity index (χ3v) is 2.07. The van der Waals surface area contributed by atoms with Crippen LogP contribution in [0, 0.1) is 0 Å². The van der Waals surface area contributed by atoms with Crippen LogP contribution in [0.5, 0.6) is 0 Å². The summed E-state index contributed by atoms with van der Waals surface area (Å²) >= 11 is -0.923. The predicted molar refractivity (Wildman–Crippen MR) is 29.1 cm³/mol. The lowest BCUT2D eigenvalue weighted by Gasteiger charge is -2.08. The highest BCUT2D eigenvalue weighted by atomic mass is 32.2. The lowest BCUT2D eigenvalue weighted by Crippen LogP contribution is -2.18. The second kappa shape index (κ2) is 3.29. The Bertz CT molecular complexity index is 47.0. The Hall–Kier alpha value is 0.270. The van der Waals surface area contributed by atoms with E-state index in [2.05, 4.69) is 0 Å². The third kappa shape index (κ3) is 2.91. The van der Waals surface area contributed by atoms with Crippen LogP contribution in [-0.4, -0.2) is 22.7 Å². The monoisotopic (exact) mass is 121 g/mol. The van der Waals surface area contributed by atoms with Crippen molar-refractivity contribution < 1.29 is 9.66 Å². The van der Waals surface area contributed by atoms with E-state index in [-0.39, 0.29) is 11.9 Å². The Morgan fingerprint density at radius 2 is 2.29 bits per heavy atom. The Morgan fingerprint density at radius 3 is 2.29 bits per heavy atom. The molecule has 7 heavy (non-hydrogen) atoms. The zero-order chi connectivity index (χ0) is 5.86. The van der Waals surface area contributed by atoms with Gasteiger partial charge in [-0.1, -0.05) is 11.2 Å². The maximum Gasteiger partial charge on any atom is 0.138 e. The fourth-order valence-electron chi connectivity index (χ4n) is 0.0958. The molecule has 2 atom stereocenters. The summed E-state index contributed by atoms with van der Waals surface area (Å²) in [6.07, 6.45) is 1.54. The molecule has 2 unspecified atom stereocenters. The first kappa shape index (κ1) is 7.27. The molecule has 0 amide bonds. The molecule has 3 heteroatoms. The van der Waals surface area contributed by atoms with E-state index < -0.39 is 11.2 Å². The normalized spacial score (nSPS) is 18.9. The second-order valence-corrected chi connectivity index (χ2v) is 3.28. The molecule has 0 saturated carbocycles. The third-order valence-electron chi connectivity index (χ3n) is 0.801. The highest BCUT2D eigenvalue weighted by Gasteiger charge is 2.08. The number of hydrogen-bond acceptors (Lipinski definition) is 1. The van der Waals surface area contributed by atoms with Gasteiger partial charge in [0.05, 0.1) is 6.26 Å². The van der Waals surface area contributed by atoms with Gasteiger partial charge >= 0.3 is 0 Å². The van der Waals surface area contributed by atoms with E-state index in [4.69, 9.17) is 0 Å². The van der Waals surface area contributed by atoms with E-state index in [9.17, 15) is 9.66 Å². The van der Waals surface area contributed by atoms with Gasteiger partial charge in [0.15, 0.2) is 0 Å². The minimum atomic E-state index is -0.923. The zero-order valence-electron chi connectivity index (χ0n) is 4.51. The minimum Gasteiger partial charge on any atom is -0.616 e. The van der Waals surface area contributed by atoms with Crippen molar-refractivity contribution in [3.8, 4) is 0 Å². The second-order valence-electron chi connectivity index (χ2n) is 1.48. The van der Waals surface area contributed by atoms with Crippen LogP contribution in [0.2, 0.25) is 0 Å². The Balaban J connectivity index is 3.14. The topological polar surface area (TPSA) is 43.0 Å². The summed E-state index contributed by atoms with van der Waals surface area (Å²) in [5.74, 6) is 0. The van der Waals surface area contributed by atoms with Crippen LogP contribution in [0.15, 0.2) is 0 Å². The maximum atomic E-state index is 10.3. The maximum absolute atomic E-state index is 10.3. The van der Waals surface area contributed by atoms with E-state index in [0.717, 1.165) is 0 Å². The van der Waals surface area contributed by atoms with Crippen molar-refractivity contribution in [2.24, 2.45) is 0 Å². The fraction of sp³-hybridized carbons (Fsp3) is 1.00. The molecule has 0 spiro atoms. The van der Waals surface area contributed by atoms with Crippen LogP contribution in [0.4, 0.5) is 0 Å². The molecular formula is C4H9O2S. The minimum absolute atomic E-state index is 0.181. The van der Waals surface area contributed by atoms with Gasteiger partial charge in [-0.05, 0) is 6.92 Å². The molecule has 0 aliphatic rings. The van der Waals surface area contributed by atoms with Gasteiger partial charge in [-0.25, -0.2) is 5.11 Å². The van der Waals surface area contributed by atoms with Gasteiger partial charge in [-0.2, -0.15) is 0 Å². The summed E-state index contributed by atoms with van der Waals surface area (Å²) < 4.78 is 10.3. The molecule has 0 aliphatic heterocycles. The fourth-order valence-corrected chi connectivity index (χ4v) is 0.287. The van der Waals surface area contributed by atoms with Crippen LogP contribution in [0.3, 0.4) is 0 Å². The highest BCUT2D eigenvalue weighted by molar-refractivity contribution is 7.91. The molecule has 1 radical (unpaired) electrons. The first-order valence-corrected chi connectivity index (χ1v) is 3.71. The Kier molecular flexibility index (Phi) is 3.42. The predicted octanol–water partition coefficient (Wildman–Crippen LogP) is 0.184. The highest BCUT2D eigenvalue weighted by Crippen LogP contribution is 1.94. The van der Waals surface area contributed by atoms with Crippen LogP contribution in [0.25, 0.3) is 0 Å². The summed E-state index contributed by atoms with van der Waals surface area (Å²) in [4.78, 5) is 0. The van der Waals surface area contributed by atoms with Crippen molar-refractivity contribution in [3.63, 3.8) is 0 Å². The van der Waals surface area contributed by atoms with Crippen LogP contribution in [0.1, 0.15) is 6.92 Å². The average molecular weight is 121 g/mol.